The lowest BCUT2D eigenvalue weighted by molar-refractivity contribution is -0.139. The number of ketones is 1. The summed E-state index contributed by atoms with van der Waals surface area (Å²) in [5.74, 6) is -1.53. The Labute approximate surface area is 136 Å². The van der Waals surface area contributed by atoms with E-state index in [9.17, 15) is 9.59 Å². The SMILES string of the molecule is CC(C)OCCOCCOCCOC(=O)C(=O)c1ccccc1. The van der Waals surface area contributed by atoms with Gasteiger partial charge in [0.2, 0.25) is 0 Å². The third-order valence-electron chi connectivity index (χ3n) is 2.73. The highest BCUT2D eigenvalue weighted by molar-refractivity contribution is 6.40. The van der Waals surface area contributed by atoms with Gasteiger partial charge in [-0.25, -0.2) is 4.79 Å². The molecule has 0 atom stereocenters. The van der Waals surface area contributed by atoms with Gasteiger partial charge in [-0.3, -0.25) is 4.79 Å². The summed E-state index contributed by atoms with van der Waals surface area (Å²) >= 11 is 0. The minimum atomic E-state index is -0.873. The van der Waals surface area contributed by atoms with Crippen LogP contribution in [0.4, 0.5) is 0 Å². The minimum absolute atomic E-state index is 0.0356. The fourth-order valence-electron chi connectivity index (χ4n) is 1.63. The van der Waals surface area contributed by atoms with Crippen molar-refractivity contribution < 1.29 is 28.5 Å². The summed E-state index contributed by atoms with van der Waals surface area (Å²) in [7, 11) is 0. The highest BCUT2D eigenvalue weighted by Crippen LogP contribution is 2.01. The number of ether oxygens (including phenoxy) is 4. The third-order valence-corrected chi connectivity index (χ3v) is 2.73. The van der Waals surface area contributed by atoms with E-state index in [1.165, 1.54) is 0 Å². The number of hydrogen-bond donors (Lipinski definition) is 0. The van der Waals surface area contributed by atoms with E-state index in [0.717, 1.165) is 0 Å². The van der Waals surface area contributed by atoms with Crippen LogP contribution in [0.2, 0.25) is 0 Å². The van der Waals surface area contributed by atoms with Crippen LogP contribution in [0.1, 0.15) is 24.2 Å². The first kappa shape index (κ1) is 19.3. The van der Waals surface area contributed by atoms with Gasteiger partial charge in [-0.2, -0.15) is 0 Å². The zero-order valence-corrected chi connectivity index (χ0v) is 13.7. The van der Waals surface area contributed by atoms with Gasteiger partial charge in [0, 0.05) is 5.56 Å². The Morgan fingerprint density at radius 3 is 2.04 bits per heavy atom. The van der Waals surface area contributed by atoms with E-state index in [4.69, 9.17) is 18.9 Å². The molecular weight excluding hydrogens is 300 g/mol. The minimum Gasteiger partial charge on any atom is -0.457 e. The van der Waals surface area contributed by atoms with Crippen molar-refractivity contribution in [1.29, 1.82) is 0 Å². The fraction of sp³-hybridized carbons (Fsp3) is 0.529. The fourth-order valence-corrected chi connectivity index (χ4v) is 1.63. The summed E-state index contributed by atoms with van der Waals surface area (Å²) in [6, 6.07) is 8.29. The van der Waals surface area contributed by atoms with Crippen LogP contribution >= 0.6 is 0 Å². The lowest BCUT2D eigenvalue weighted by Gasteiger charge is -2.08. The third kappa shape index (κ3) is 9.07. The first-order valence-corrected chi connectivity index (χ1v) is 7.65. The number of Topliss-reactive ketones (excluding diaryl/α,β-unsaturated/α-hetero) is 1. The smallest absolute Gasteiger partial charge is 0.379 e. The first-order valence-electron chi connectivity index (χ1n) is 7.65. The van der Waals surface area contributed by atoms with E-state index in [-0.39, 0.29) is 19.3 Å². The number of rotatable bonds is 12. The molecule has 0 saturated heterocycles. The van der Waals surface area contributed by atoms with Gasteiger partial charge in [0.25, 0.3) is 5.78 Å². The van der Waals surface area contributed by atoms with E-state index in [0.29, 0.717) is 32.0 Å². The Morgan fingerprint density at radius 1 is 0.870 bits per heavy atom. The van der Waals surface area contributed by atoms with Crippen LogP contribution in [-0.4, -0.2) is 57.5 Å². The first-order chi connectivity index (χ1) is 11.1. The maximum absolute atomic E-state index is 11.7. The second-order valence-corrected chi connectivity index (χ2v) is 4.98. The van der Waals surface area contributed by atoms with Gasteiger partial charge in [0.1, 0.15) is 6.61 Å². The average molecular weight is 324 g/mol. The average Bonchev–Trinajstić information content (AvgIpc) is 2.56. The molecule has 0 aliphatic carbocycles. The zero-order valence-electron chi connectivity index (χ0n) is 13.7. The summed E-state index contributed by atoms with van der Waals surface area (Å²) in [4.78, 5) is 23.3. The Morgan fingerprint density at radius 2 is 1.43 bits per heavy atom. The Balaban J connectivity index is 1.98. The van der Waals surface area contributed by atoms with Crippen molar-refractivity contribution in [2.24, 2.45) is 0 Å². The van der Waals surface area contributed by atoms with Gasteiger partial charge < -0.3 is 18.9 Å². The molecule has 0 fully saturated rings. The monoisotopic (exact) mass is 324 g/mol. The largest absolute Gasteiger partial charge is 0.457 e. The van der Waals surface area contributed by atoms with Gasteiger partial charge in [0.15, 0.2) is 0 Å². The molecule has 23 heavy (non-hydrogen) atoms. The van der Waals surface area contributed by atoms with Gasteiger partial charge in [-0.05, 0) is 13.8 Å². The zero-order chi connectivity index (χ0) is 16.9. The van der Waals surface area contributed by atoms with Crippen molar-refractivity contribution >= 4 is 11.8 Å². The van der Waals surface area contributed by atoms with Crippen molar-refractivity contribution in [1.82, 2.24) is 0 Å². The van der Waals surface area contributed by atoms with Crippen LogP contribution in [0.5, 0.6) is 0 Å². The molecule has 1 aromatic carbocycles. The van der Waals surface area contributed by atoms with Crippen LogP contribution < -0.4 is 0 Å². The lowest BCUT2D eigenvalue weighted by Crippen LogP contribution is -2.20. The number of esters is 1. The maximum Gasteiger partial charge on any atom is 0.379 e. The molecule has 0 amide bonds. The molecule has 0 N–H and O–H groups in total. The predicted octanol–water partition coefficient (Wildman–Crippen LogP) is 1.87. The van der Waals surface area contributed by atoms with E-state index < -0.39 is 11.8 Å². The number of hydrogen-bond acceptors (Lipinski definition) is 6. The number of benzene rings is 1. The quantitative estimate of drug-likeness (QED) is 0.253. The molecule has 0 aliphatic rings. The van der Waals surface area contributed by atoms with E-state index >= 15 is 0 Å². The Bertz CT molecular complexity index is 457. The molecule has 128 valence electrons. The van der Waals surface area contributed by atoms with E-state index in [2.05, 4.69) is 0 Å². The number of carbonyl (C=O) groups excluding carboxylic acids is 2. The van der Waals surface area contributed by atoms with Gasteiger partial charge in [-0.15, -0.1) is 0 Å². The molecule has 0 bridgehead atoms. The second-order valence-electron chi connectivity index (χ2n) is 4.98. The van der Waals surface area contributed by atoms with Gasteiger partial charge >= 0.3 is 5.97 Å². The maximum atomic E-state index is 11.7. The van der Waals surface area contributed by atoms with E-state index in [1.54, 1.807) is 30.3 Å². The summed E-state index contributed by atoms with van der Waals surface area (Å²) in [6.45, 7) is 6.09. The van der Waals surface area contributed by atoms with Gasteiger partial charge in [0.05, 0.1) is 39.1 Å². The summed E-state index contributed by atoms with van der Waals surface area (Å²) < 4.78 is 20.7. The van der Waals surface area contributed by atoms with Crippen LogP contribution in [0, 0.1) is 0 Å². The molecule has 6 heteroatoms. The van der Waals surface area contributed by atoms with Crippen LogP contribution in [-0.2, 0) is 23.7 Å². The van der Waals surface area contributed by atoms with Crippen molar-refractivity contribution in [2.45, 2.75) is 20.0 Å². The molecule has 0 radical (unpaired) electrons. The molecule has 0 aromatic heterocycles. The normalized spacial score (nSPS) is 10.7. The van der Waals surface area contributed by atoms with E-state index in [1.807, 2.05) is 13.8 Å². The van der Waals surface area contributed by atoms with Crippen molar-refractivity contribution in [2.75, 3.05) is 39.6 Å². The van der Waals surface area contributed by atoms with Gasteiger partial charge in [-0.1, -0.05) is 30.3 Å². The van der Waals surface area contributed by atoms with Crippen LogP contribution in [0.3, 0.4) is 0 Å². The van der Waals surface area contributed by atoms with Crippen molar-refractivity contribution in [3.05, 3.63) is 35.9 Å². The van der Waals surface area contributed by atoms with Crippen LogP contribution in [0.25, 0.3) is 0 Å². The molecule has 0 saturated carbocycles. The standard InChI is InChI=1S/C17H24O6/c1-14(2)22-12-10-20-8-9-21-11-13-23-17(19)16(18)15-6-4-3-5-7-15/h3-7,14H,8-13H2,1-2H3. The highest BCUT2D eigenvalue weighted by atomic mass is 16.6. The summed E-state index contributed by atoms with van der Waals surface area (Å²) in [5.41, 5.74) is 0.315. The number of carbonyl (C=O) groups is 2. The molecular formula is C17H24O6. The molecule has 0 unspecified atom stereocenters. The molecule has 6 nitrogen and oxygen atoms in total. The summed E-state index contributed by atoms with van der Waals surface area (Å²) in [6.07, 6.45) is 0.197. The topological polar surface area (TPSA) is 71.1 Å². The van der Waals surface area contributed by atoms with Crippen molar-refractivity contribution in [3.8, 4) is 0 Å². The molecule has 0 aliphatic heterocycles. The Hall–Kier alpha value is -1.76. The van der Waals surface area contributed by atoms with Crippen LogP contribution in [0.15, 0.2) is 30.3 Å². The lowest BCUT2D eigenvalue weighted by atomic mass is 10.1. The molecule has 1 rings (SSSR count). The Kier molecular flexibility index (Phi) is 9.86. The second kappa shape index (κ2) is 11.8. The molecule has 0 heterocycles. The highest BCUT2D eigenvalue weighted by Gasteiger charge is 2.16. The van der Waals surface area contributed by atoms with Crippen molar-refractivity contribution in [3.63, 3.8) is 0 Å². The molecule has 0 spiro atoms. The summed E-state index contributed by atoms with van der Waals surface area (Å²) in [5, 5.41) is 0. The molecule has 1 aromatic rings. The predicted molar refractivity (Wildman–Crippen MR) is 84.5 cm³/mol.